The van der Waals surface area contributed by atoms with Crippen molar-refractivity contribution >= 4 is 22.0 Å². The largest absolute Gasteiger partial charge is 0.250 e. The van der Waals surface area contributed by atoms with E-state index in [0.29, 0.717) is 0 Å². The maximum Gasteiger partial charge on any atom is 0.104 e. The molecule has 0 aliphatic rings. The molecule has 0 radical (unpaired) electrons. The molecule has 0 saturated carbocycles. The van der Waals surface area contributed by atoms with Crippen molar-refractivity contribution in [3.8, 4) is 0 Å². The molecular formula is C12H12BrF3. The lowest BCUT2D eigenvalue weighted by atomic mass is 9.92. The van der Waals surface area contributed by atoms with Crippen molar-refractivity contribution in [3.63, 3.8) is 0 Å². The van der Waals surface area contributed by atoms with E-state index >= 15 is 0 Å². The Kier molecular flexibility index (Phi) is 5.06. The van der Waals surface area contributed by atoms with Crippen LogP contribution in [-0.2, 0) is 0 Å². The van der Waals surface area contributed by atoms with Crippen molar-refractivity contribution in [2.24, 2.45) is 5.41 Å². The molecule has 0 saturated heterocycles. The summed E-state index contributed by atoms with van der Waals surface area (Å²) >= 11 is 3.28. The first kappa shape index (κ1) is 13.3. The molecule has 0 aliphatic carbocycles. The predicted octanol–water partition coefficient (Wildman–Crippen LogP) is 4.36. The maximum atomic E-state index is 12.6. The van der Waals surface area contributed by atoms with Gasteiger partial charge in [0.25, 0.3) is 0 Å². The number of halogens is 4. The van der Waals surface area contributed by atoms with Crippen molar-refractivity contribution in [1.29, 1.82) is 0 Å². The number of alkyl halides is 3. The second kappa shape index (κ2) is 6.09. The fraction of sp³-hybridized carbons (Fsp3) is 0.333. The summed E-state index contributed by atoms with van der Waals surface area (Å²) in [7, 11) is 0. The highest BCUT2D eigenvalue weighted by molar-refractivity contribution is 9.10. The van der Waals surface area contributed by atoms with Gasteiger partial charge in [-0.2, -0.15) is 0 Å². The summed E-state index contributed by atoms with van der Waals surface area (Å²) in [5.41, 5.74) is -0.850. The van der Waals surface area contributed by atoms with Crippen molar-refractivity contribution in [2.75, 3.05) is 20.0 Å². The van der Waals surface area contributed by atoms with E-state index in [2.05, 4.69) is 15.9 Å². The standard InChI is InChI=1S/C12H12BrF3/c13-11-3-1-2-10(6-11)4-5-12(7-14,8-15)9-16/h1-6H,7-9H2/b5-4+. The van der Waals surface area contributed by atoms with Crippen molar-refractivity contribution in [3.05, 3.63) is 40.4 Å². The molecule has 88 valence electrons. The first-order chi connectivity index (χ1) is 7.65. The van der Waals surface area contributed by atoms with Crippen LogP contribution in [0.25, 0.3) is 6.08 Å². The molecule has 0 nitrogen and oxygen atoms in total. The van der Waals surface area contributed by atoms with E-state index in [9.17, 15) is 13.2 Å². The average Bonchev–Trinajstić information content (AvgIpc) is 2.32. The third kappa shape index (κ3) is 3.37. The molecule has 0 unspecified atom stereocenters. The summed E-state index contributed by atoms with van der Waals surface area (Å²) in [6, 6.07) is 7.20. The quantitative estimate of drug-likeness (QED) is 0.756. The molecular weight excluding hydrogens is 281 g/mol. The van der Waals surface area contributed by atoms with Gasteiger partial charge in [0.2, 0.25) is 0 Å². The molecule has 16 heavy (non-hydrogen) atoms. The molecule has 0 N–H and O–H groups in total. The van der Waals surface area contributed by atoms with Gasteiger partial charge in [-0.15, -0.1) is 0 Å². The summed E-state index contributed by atoms with van der Waals surface area (Å²) in [4.78, 5) is 0. The van der Waals surface area contributed by atoms with Gasteiger partial charge >= 0.3 is 0 Å². The minimum Gasteiger partial charge on any atom is -0.250 e. The summed E-state index contributed by atoms with van der Waals surface area (Å²) in [5, 5.41) is 0. The lowest BCUT2D eigenvalue weighted by Crippen LogP contribution is -2.25. The van der Waals surface area contributed by atoms with E-state index in [1.807, 2.05) is 6.07 Å². The molecule has 1 aromatic carbocycles. The zero-order chi connectivity index (χ0) is 12.0. The fourth-order valence-corrected chi connectivity index (χ4v) is 1.54. The molecule has 0 atom stereocenters. The number of benzene rings is 1. The summed E-state index contributed by atoms with van der Waals surface area (Å²) in [5.74, 6) is 0. The first-order valence-corrected chi connectivity index (χ1v) is 5.58. The summed E-state index contributed by atoms with van der Waals surface area (Å²) in [6.45, 7) is -3.11. The van der Waals surface area contributed by atoms with Gasteiger partial charge in [-0.25, -0.2) is 13.2 Å². The first-order valence-electron chi connectivity index (χ1n) is 4.78. The van der Waals surface area contributed by atoms with E-state index < -0.39 is 25.4 Å². The van der Waals surface area contributed by atoms with Gasteiger partial charge in [-0.1, -0.05) is 40.2 Å². The van der Waals surface area contributed by atoms with E-state index in [-0.39, 0.29) is 0 Å². The number of hydrogen-bond donors (Lipinski definition) is 0. The lowest BCUT2D eigenvalue weighted by Gasteiger charge is -2.19. The monoisotopic (exact) mass is 292 g/mol. The molecule has 0 aromatic heterocycles. The molecule has 0 bridgehead atoms. The van der Waals surface area contributed by atoms with Gasteiger partial charge in [0.15, 0.2) is 0 Å². The highest BCUT2D eigenvalue weighted by Gasteiger charge is 2.27. The second-order valence-corrected chi connectivity index (χ2v) is 4.57. The summed E-state index contributed by atoms with van der Waals surface area (Å²) < 4.78 is 38.5. The van der Waals surface area contributed by atoms with Gasteiger partial charge in [-0.3, -0.25) is 0 Å². The maximum absolute atomic E-state index is 12.6. The van der Waals surface area contributed by atoms with Crippen LogP contribution in [0, 0.1) is 5.41 Å². The molecule has 0 spiro atoms. The van der Waals surface area contributed by atoms with Crippen LogP contribution in [0.5, 0.6) is 0 Å². The van der Waals surface area contributed by atoms with Gasteiger partial charge < -0.3 is 0 Å². The lowest BCUT2D eigenvalue weighted by molar-refractivity contribution is 0.164. The zero-order valence-electron chi connectivity index (χ0n) is 8.60. The highest BCUT2D eigenvalue weighted by atomic mass is 79.9. The van der Waals surface area contributed by atoms with Crippen LogP contribution in [-0.4, -0.2) is 20.0 Å². The molecule has 0 amide bonds. The van der Waals surface area contributed by atoms with Crippen LogP contribution in [0.4, 0.5) is 13.2 Å². The fourth-order valence-electron chi connectivity index (χ4n) is 1.12. The third-order valence-corrected chi connectivity index (χ3v) is 2.77. The number of hydrogen-bond acceptors (Lipinski definition) is 0. The predicted molar refractivity (Wildman–Crippen MR) is 63.5 cm³/mol. The average molecular weight is 293 g/mol. The SMILES string of the molecule is FCC(/C=C/c1cccc(Br)c1)(CF)CF. The van der Waals surface area contributed by atoms with Crippen LogP contribution in [0.3, 0.4) is 0 Å². The third-order valence-electron chi connectivity index (χ3n) is 2.28. The van der Waals surface area contributed by atoms with Crippen molar-refractivity contribution in [1.82, 2.24) is 0 Å². The number of rotatable bonds is 5. The van der Waals surface area contributed by atoms with Gasteiger partial charge in [0, 0.05) is 4.47 Å². The molecule has 0 aliphatic heterocycles. The minimum atomic E-state index is -1.62. The Morgan fingerprint density at radius 2 is 1.75 bits per heavy atom. The highest BCUT2D eigenvalue weighted by Crippen LogP contribution is 2.23. The molecule has 0 fully saturated rings. The van der Waals surface area contributed by atoms with Gasteiger partial charge in [-0.05, 0) is 17.7 Å². The van der Waals surface area contributed by atoms with Crippen LogP contribution in [0.15, 0.2) is 34.8 Å². The normalized spacial score (nSPS) is 12.2. The van der Waals surface area contributed by atoms with Crippen LogP contribution in [0.1, 0.15) is 5.56 Å². The van der Waals surface area contributed by atoms with Crippen LogP contribution < -0.4 is 0 Å². The molecule has 4 heteroatoms. The summed E-state index contributed by atoms with van der Waals surface area (Å²) in [6.07, 6.45) is 2.79. The van der Waals surface area contributed by atoms with E-state index in [4.69, 9.17) is 0 Å². The van der Waals surface area contributed by atoms with E-state index in [1.165, 1.54) is 12.2 Å². The molecule has 0 heterocycles. The zero-order valence-corrected chi connectivity index (χ0v) is 10.2. The number of allylic oxidation sites excluding steroid dienone is 1. The topological polar surface area (TPSA) is 0 Å². The Labute approximate surface area is 101 Å². The smallest absolute Gasteiger partial charge is 0.104 e. The van der Waals surface area contributed by atoms with E-state index in [1.54, 1.807) is 18.2 Å². The Balaban J connectivity index is 2.86. The van der Waals surface area contributed by atoms with Gasteiger partial charge in [0.1, 0.15) is 20.0 Å². The molecule has 1 rings (SSSR count). The van der Waals surface area contributed by atoms with Gasteiger partial charge in [0.05, 0.1) is 5.41 Å². The molecule has 1 aromatic rings. The Bertz CT molecular complexity index is 351. The minimum absolute atomic E-state index is 0.772. The second-order valence-electron chi connectivity index (χ2n) is 3.65. The van der Waals surface area contributed by atoms with Crippen molar-refractivity contribution in [2.45, 2.75) is 0 Å². The van der Waals surface area contributed by atoms with Crippen LogP contribution in [0.2, 0.25) is 0 Å². The Morgan fingerprint density at radius 1 is 1.12 bits per heavy atom. The van der Waals surface area contributed by atoms with Crippen molar-refractivity contribution < 1.29 is 13.2 Å². The Morgan fingerprint density at radius 3 is 2.25 bits per heavy atom. The van der Waals surface area contributed by atoms with Crippen LogP contribution >= 0.6 is 15.9 Å². The Hall–Kier alpha value is -0.770. The van der Waals surface area contributed by atoms with E-state index in [0.717, 1.165) is 10.0 Å².